The van der Waals surface area contributed by atoms with E-state index in [-0.39, 0.29) is 5.41 Å². The highest BCUT2D eigenvalue weighted by Crippen LogP contribution is 2.41. The number of nitrogens with zero attached hydrogens (tertiary/aromatic N) is 2. The van der Waals surface area contributed by atoms with Gasteiger partial charge in [0.25, 0.3) is 0 Å². The maximum atomic E-state index is 5.54. The van der Waals surface area contributed by atoms with Crippen LogP contribution < -0.4 is 4.90 Å². The molecule has 0 radical (unpaired) electrons. The van der Waals surface area contributed by atoms with E-state index in [1.165, 1.54) is 27.8 Å². The van der Waals surface area contributed by atoms with Crippen LogP contribution in [0.2, 0.25) is 0 Å². The lowest BCUT2D eigenvalue weighted by atomic mass is 9.71. The van der Waals surface area contributed by atoms with Gasteiger partial charge in [-0.3, -0.25) is 0 Å². The Balaban J connectivity index is 1.58. The van der Waals surface area contributed by atoms with Crippen molar-refractivity contribution in [1.82, 2.24) is 4.90 Å². The monoisotopic (exact) mass is 362 g/mol. The first kappa shape index (κ1) is 16.8. The molecule has 1 unspecified atom stereocenters. The third kappa shape index (κ3) is 2.84. The number of furan rings is 1. The first-order valence-corrected chi connectivity index (χ1v) is 9.76. The molecule has 0 bridgehead atoms. The van der Waals surface area contributed by atoms with Gasteiger partial charge in [0, 0.05) is 42.7 Å². The quantitative estimate of drug-likeness (QED) is 0.688. The van der Waals surface area contributed by atoms with E-state index in [1.807, 2.05) is 0 Å². The van der Waals surface area contributed by atoms with E-state index in [4.69, 9.17) is 9.15 Å². The van der Waals surface area contributed by atoms with Crippen LogP contribution in [0.5, 0.6) is 0 Å². The Morgan fingerprint density at radius 2 is 1.85 bits per heavy atom. The highest BCUT2D eigenvalue weighted by Gasteiger charge is 2.36. The lowest BCUT2D eigenvalue weighted by molar-refractivity contribution is 0.122. The fourth-order valence-corrected chi connectivity index (χ4v) is 4.80. The molecule has 1 atom stereocenters. The second-order valence-corrected chi connectivity index (χ2v) is 8.12. The molecule has 2 aliphatic rings. The molecule has 0 N–H and O–H groups in total. The Morgan fingerprint density at radius 3 is 2.70 bits per heavy atom. The van der Waals surface area contributed by atoms with Gasteiger partial charge in [-0.25, -0.2) is 0 Å². The molecular weight excluding hydrogens is 336 g/mol. The first-order chi connectivity index (χ1) is 13.1. The van der Waals surface area contributed by atoms with Crippen LogP contribution in [0.15, 0.2) is 53.1 Å². The average molecular weight is 362 g/mol. The number of anilines is 1. The predicted octanol–water partition coefficient (Wildman–Crippen LogP) is 4.02. The van der Waals surface area contributed by atoms with E-state index in [1.54, 1.807) is 6.26 Å². The summed E-state index contributed by atoms with van der Waals surface area (Å²) in [5.41, 5.74) is 6.47. The van der Waals surface area contributed by atoms with Gasteiger partial charge in [-0.2, -0.15) is 0 Å². The van der Waals surface area contributed by atoms with Crippen molar-refractivity contribution in [3.63, 3.8) is 0 Å². The molecule has 3 heterocycles. The molecule has 4 heteroatoms. The topological polar surface area (TPSA) is 28.9 Å². The van der Waals surface area contributed by atoms with Crippen LogP contribution in [-0.4, -0.2) is 44.8 Å². The molecule has 1 saturated heterocycles. The van der Waals surface area contributed by atoms with Crippen molar-refractivity contribution in [3.05, 3.63) is 65.4 Å². The van der Waals surface area contributed by atoms with Crippen LogP contribution in [0.4, 0.5) is 5.69 Å². The van der Waals surface area contributed by atoms with Crippen molar-refractivity contribution in [1.29, 1.82) is 0 Å². The van der Waals surface area contributed by atoms with Gasteiger partial charge in [-0.05, 0) is 54.1 Å². The van der Waals surface area contributed by atoms with Crippen LogP contribution in [-0.2, 0) is 16.7 Å². The molecule has 0 aliphatic carbocycles. The van der Waals surface area contributed by atoms with E-state index in [0.29, 0.717) is 0 Å². The molecule has 4 nitrogen and oxygen atoms in total. The lowest BCUT2D eigenvalue weighted by Crippen LogP contribution is -2.43. The Labute approximate surface area is 160 Å². The highest BCUT2D eigenvalue weighted by molar-refractivity contribution is 5.78. The normalized spacial score (nSPS) is 23.6. The summed E-state index contributed by atoms with van der Waals surface area (Å²) in [5.74, 6) is 0. The van der Waals surface area contributed by atoms with Crippen molar-refractivity contribution in [2.45, 2.75) is 18.9 Å². The molecule has 27 heavy (non-hydrogen) atoms. The molecule has 2 aromatic carbocycles. The van der Waals surface area contributed by atoms with Gasteiger partial charge in [0.15, 0.2) is 0 Å². The van der Waals surface area contributed by atoms with Crippen molar-refractivity contribution < 1.29 is 9.15 Å². The Bertz CT molecular complexity index is 973. The number of likely N-dealkylation sites (N-methyl/N-ethyl adjacent to an activating group) is 1. The van der Waals surface area contributed by atoms with Crippen molar-refractivity contribution >= 4 is 16.7 Å². The molecule has 140 valence electrons. The minimum atomic E-state index is -0.0304. The van der Waals surface area contributed by atoms with Gasteiger partial charge in [-0.1, -0.05) is 19.1 Å². The predicted molar refractivity (Wildman–Crippen MR) is 108 cm³/mol. The summed E-state index contributed by atoms with van der Waals surface area (Å²) < 4.78 is 11.1. The zero-order chi connectivity index (χ0) is 18.4. The third-order valence-corrected chi connectivity index (χ3v) is 6.18. The number of morpholine rings is 1. The number of hydrogen-bond acceptors (Lipinski definition) is 4. The highest BCUT2D eigenvalue weighted by atomic mass is 16.5. The molecule has 1 fully saturated rings. The molecule has 1 aromatic heterocycles. The molecule has 0 amide bonds. The van der Waals surface area contributed by atoms with Crippen LogP contribution in [0.3, 0.4) is 0 Å². The summed E-state index contributed by atoms with van der Waals surface area (Å²) in [5, 5.41) is 1.17. The SMILES string of the molecule is CN1Cc2cc(N3CCOCC3)ccc2C(C)(c2ccc3occc3c2)C1. The summed E-state index contributed by atoms with van der Waals surface area (Å²) >= 11 is 0. The zero-order valence-corrected chi connectivity index (χ0v) is 16.1. The third-order valence-electron chi connectivity index (χ3n) is 6.18. The van der Waals surface area contributed by atoms with Crippen LogP contribution >= 0.6 is 0 Å². The standard InChI is InChI=1S/C23H26N2O2/c1-23(19-3-6-22-17(13-19)7-10-27-22)16-24(2)15-18-14-20(4-5-21(18)23)25-8-11-26-12-9-25/h3-7,10,13-14H,8-9,11-12,15-16H2,1-2H3. The summed E-state index contributed by atoms with van der Waals surface area (Å²) in [6.45, 7) is 7.97. The van der Waals surface area contributed by atoms with Gasteiger partial charge in [0.2, 0.25) is 0 Å². The van der Waals surface area contributed by atoms with Crippen LogP contribution in [0, 0.1) is 0 Å². The Morgan fingerprint density at radius 1 is 1.00 bits per heavy atom. The van der Waals surface area contributed by atoms with Crippen molar-refractivity contribution in [2.24, 2.45) is 0 Å². The lowest BCUT2D eigenvalue weighted by Gasteiger charge is -2.42. The number of hydrogen-bond donors (Lipinski definition) is 0. The second kappa shape index (κ2) is 6.39. The second-order valence-electron chi connectivity index (χ2n) is 8.12. The van der Waals surface area contributed by atoms with E-state index in [9.17, 15) is 0 Å². The van der Waals surface area contributed by atoms with Gasteiger partial charge in [-0.15, -0.1) is 0 Å². The van der Waals surface area contributed by atoms with Gasteiger partial charge in [0.05, 0.1) is 19.5 Å². The van der Waals surface area contributed by atoms with Gasteiger partial charge < -0.3 is 19.0 Å². The first-order valence-electron chi connectivity index (χ1n) is 9.76. The molecular formula is C23H26N2O2. The van der Waals surface area contributed by atoms with E-state index >= 15 is 0 Å². The number of rotatable bonds is 2. The number of ether oxygens (including phenoxy) is 1. The van der Waals surface area contributed by atoms with E-state index in [2.05, 4.69) is 66.2 Å². The maximum absolute atomic E-state index is 5.54. The van der Waals surface area contributed by atoms with E-state index in [0.717, 1.165) is 45.0 Å². The fraction of sp³-hybridized carbons (Fsp3) is 0.391. The summed E-state index contributed by atoms with van der Waals surface area (Å²) in [6, 6.07) is 15.7. The molecule has 2 aliphatic heterocycles. The molecule has 3 aromatic rings. The summed E-state index contributed by atoms with van der Waals surface area (Å²) in [7, 11) is 2.22. The molecule has 0 saturated carbocycles. The number of fused-ring (bicyclic) bond motifs is 2. The Hall–Kier alpha value is -2.30. The van der Waals surface area contributed by atoms with Gasteiger partial charge >= 0.3 is 0 Å². The fourth-order valence-electron chi connectivity index (χ4n) is 4.80. The minimum Gasteiger partial charge on any atom is -0.464 e. The van der Waals surface area contributed by atoms with Crippen LogP contribution in [0.25, 0.3) is 11.0 Å². The maximum Gasteiger partial charge on any atom is 0.133 e. The number of benzene rings is 2. The van der Waals surface area contributed by atoms with Crippen molar-refractivity contribution in [2.75, 3.05) is 44.8 Å². The summed E-state index contributed by atoms with van der Waals surface area (Å²) in [6.07, 6.45) is 1.77. The van der Waals surface area contributed by atoms with E-state index < -0.39 is 0 Å². The minimum absolute atomic E-state index is 0.0304. The molecule has 0 spiro atoms. The van der Waals surface area contributed by atoms with Crippen molar-refractivity contribution in [3.8, 4) is 0 Å². The smallest absolute Gasteiger partial charge is 0.133 e. The average Bonchev–Trinajstić information content (AvgIpc) is 3.16. The largest absolute Gasteiger partial charge is 0.464 e. The van der Waals surface area contributed by atoms with Crippen LogP contribution in [0.1, 0.15) is 23.6 Å². The summed E-state index contributed by atoms with van der Waals surface area (Å²) in [4.78, 5) is 4.87. The Kier molecular flexibility index (Phi) is 3.99. The molecule has 5 rings (SSSR count). The zero-order valence-electron chi connectivity index (χ0n) is 16.1. The van der Waals surface area contributed by atoms with Gasteiger partial charge in [0.1, 0.15) is 5.58 Å².